The number of amides is 2. The fraction of sp³-hybridized carbons (Fsp3) is 0.273. The maximum Gasteiger partial charge on any atom is 0.253 e. The summed E-state index contributed by atoms with van der Waals surface area (Å²) in [7, 11) is 1.51. The maximum absolute atomic E-state index is 11.7. The molecular weight excluding hydrogens is 228 g/mol. The number of carbonyl (C=O) groups is 2. The van der Waals surface area contributed by atoms with Gasteiger partial charge in [0.2, 0.25) is 5.91 Å². The van der Waals surface area contributed by atoms with Gasteiger partial charge in [0, 0.05) is 7.05 Å². The van der Waals surface area contributed by atoms with Gasteiger partial charge in [-0.15, -0.1) is 0 Å². The molecule has 1 atom stereocenters. The summed E-state index contributed by atoms with van der Waals surface area (Å²) in [6, 6.07) is 6.09. The fourth-order valence-corrected chi connectivity index (χ4v) is 1.42. The highest BCUT2D eigenvalue weighted by Gasteiger charge is 2.16. The maximum atomic E-state index is 11.7. The minimum atomic E-state index is -0.589. The standard InChI is InChI=1S/C11H13ClN2O2/c1-7(10(15)13-2)14-11(16)8-5-3-4-6-9(8)12/h3-7H,1-2H3,(H,13,15)(H,14,16). The van der Waals surface area contributed by atoms with Crippen molar-refractivity contribution in [2.45, 2.75) is 13.0 Å². The third-order valence-corrected chi connectivity index (χ3v) is 2.44. The van der Waals surface area contributed by atoms with Gasteiger partial charge in [-0.1, -0.05) is 23.7 Å². The van der Waals surface area contributed by atoms with Gasteiger partial charge in [-0.05, 0) is 19.1 Å². The number of carbonyl (C=O) groups excluding carboxylic acids is 2. The molecule has 86 valence electrons. The number of likely N-dealkylation sites (N-methyl/N-ethyl adjacent to an activating group) is 1. The summed E-state index contributed by atoms with van der Waals surface area (Å²) in [5.41, 5.74) is 0.361. The van der Waals surface area contributed by atoms with Crippen LogP contribution in [0.3, 0.4) is 0 Å². The molecule has 1 rings (SSSR count). The van der Waals surface area contributed by atoms with Crippen LogP contribution in [-0.4, -0.2) is 24.9 Å². The first kappa shape index (κ1) is 12.5. The van der Waals surface area contributed by atoms with E-state index in [1.165, 1.54) is 7.05 Å². The molecule has 0 radical (unpaired) electrons. The minimum absolute atomic E-state index is 0.250. The van der Waals surface area contributed by atoms with E-state index < -0.39 is 6.04 Å². The van der Waals surface area contributed by atoms with Gasteiger partial charge in [0.05, 0.1) is 10.6 Å². The first-order valence-corrected chi connectivity index (χ1v) is 5.21. The lowest BCUT2D eigenvalue weighted by molar-refractivity contribution is -0.122. The molecule has 1 aromatic carbocycles. The molecule has 5 heteroatoms. The summed E-state index contributed by atoms with van der Waals surface area (Å²) in [4.78, 5) is 22.9. The van der Waals surface area contributed by atoms with Gasteiger partial charge in [0.25, 0.3) is 5.91 Å². The van der Waals surface area contributed by atoms with E-state index in [9.17, 15) is 9.59 Å². The third kappa shape index (κ3) is 2.97. The second-order valence-corrected chi connectivity index (χ2v) is 3.70. The highest BCUT2D eigenvalue weighted by Crippen LogP contribution is 2.14. The quantitative estimate of drug-likeness (QED) is 0.834. The molecule has 0 bridgehead atoms. The van der Waals surface area contributed by atoms with Crippen molar-refractivity contribution in [3.05, 3.63) is 34.9 Å². The normalized spacial score (nSPS) is 11.7. The Bertz CT molecular complexity index is 407. The van der Waals surface area contributed by atoms with Crippen molar-refractivity contribution in [2.24, 2.45) is 0 Å². The Hall–Kier alpha value is -1.55. The van der Waals surface area contributed by atoms with Crippen LogP contribution in [0.25, 0.3) is 0 Å². The van der Waals surface area contributed by atoms with Crippen molar-refractivity contribution in [1.29, 1.82) is 0 Å². The third-order valence-electron chi connectivity index (χ3n) is 2.11. The van der Waals surface area contributed by atoms with Gasteiger partial charge in [-0.3, -0.25) is 9.59 Å². The van der Waals surface area contributed by atoms with Gasteiger partial charge in [-0.25, -0.2) is 0 Å². The lowest BCUT2D eigenvalue weighted by Gasteiger charge is -2.12. The van der Waals surface area contributed by atoms with Crippen LogP contribution in [0.1, 0.15) is 17.3 Å². The van der Waals surface area contributed by atoms with Crippen LogP contribution in [0.2, 0.25) is 5.02 Å². The van der Waals surface area contributed by atoms with Crippen molar-refractivity contribution in [3.63, 3.8) is 0 Å². The molecule has 0 aliphatic heterocycles. The fourth-order valence-electron chi connectivity index (χ4n) is 1.20. The zero-order valence-corrected chi connectivity index (χ0v) is 9.84. The number of rotatable bonds is 3. The second kappa shape index (κ2) is 5.51. The predicted molar refractivity (Wildman–Crippen MR) is 62.4 cm³/mol. The topological polar surface area (TPSA) is 58.2 Å². The molecule has 4 nitrogen and oxygen atoms in total. The van der Waals surface area contributed by atoms with E-state index in [1.807, 2.05) is 0 Å². The molecule has 0 fully saturated rings. The molecule has 0 aliphatic rings. The lowest BCUT2D eigenvalue weighted by Crippen LogP contribution is -2.43. The van der Waals surface area contributed by atoms with E-state index in [0.717, 1.165) is 0 Å². The van der Waals surface area contributed by atoms with Crippen LogP contribution in [0, 0.1) is 0 Å². The minimum Gasteiger partial charge on any atom is -0.357 e. The van der Waals surface area contributed by atoms with Crippen LogP contribution in [-0.2, 0) is 4.79 Å². The van der Waals surface area contributed by atoms with Gasteiger partial charge in [-0.2, -0.15) is 0 Å². The Morgan fingerprint density at radius 1 is 1.31 bits per heavy atom. The molecule has 16 heavy (non-hydrogen) atoms. The average molecular weight is 241 g/mol. The Kier molecular flexibility index (Phi) is 4.31. The zero-order valence-electron chi connectivity index (χ0n) is 9.08. The van der Waals surface area contributed by atoms with E-state index in [2.05, 4.69) is 10.6 Å². The highest BCUT2D eigenvalue weighted by atomic mass is 35.5. The Balaban J connectivity index is 2.73. The summed E-state index contributed by atoms with van der Waals surface area (Å²) >= 11 is 5.85. The number of nitrogens with one attached hydrogen (secondary N) is 2. The second-order valence-electron chi connectivity index (χ2n) is 3.29. The Morgan fingerprint density at radius 2 is 1.94 bits per heavy atom. The Labute approximate surface area is 99.0 Å². The summed E-state index contributed by atoms with van der Waals surface area (Å²) in [6.45, 7) is 1.60. The molecule has 2 N–H and O–H groups in total. The molecule has 0 aromatic heterocycles. The molecule has 0 saturated heterocycles. The summed E-state index contributed by atoms with van der Waals surface area (Å²) < 4.78 is 0. The number of hydrogen-bond donors (Lipinski definition) is 2. The summed E-state index contributed by atoms with van der Waals surface area (Å²) in [5.74, 6) is -0.609. The molecular formula is C11H13ClN2O2. The number of hydrogen-bond acceptors (Lipinski definition) is 2. The molecule has 0 heterocycles. The lowest BCUT2D eigenvalue weighted by atomic mass is 10.2. The summed E-state index contributed by atoms with van der Waals surface area (Å²) in [6.07, 6.45) is 0. The van der Waals surface area contributed by atoms with Crippen LogP contribution in [0.15, 0.2) is 24.3 Å². The smallest absolute Gasteiger partial charge is 0.253 e. The van der Waals surface area contributed by atoms with Gasteiger partial charge in [0.1, 0.15) is 6.04 Å². The number of benzene rings is 1. The van der Waals surface area contributed by atoms with E-state index in [-0.39, 0.29) is 11.8 Å². The van der Waals surface area contributed by atoms with E-state index in [4.69, 9.17) is 11.6 Å². The predicted octanol–water partition coefficient (Wildman–Crippen LogP) is 1.20. The first-order valence-electron chi connectivity index (χ1n) is 4.83. The Morgan fingerprint density at radius 3 is 2.50 bits per heavy atom. The van der Waals surface area contributed by atoms with E-state index >= 15 is 0 Å². The average Bonchev–Trinajstić information content (AvgIpc) is 2.28. The van der Waals surface area contributed by atoms with Crippen LogP contribution >= 0.6 is 11.6 Å². The molecule has 2 amide bonds. The van der Waals surface area contributed by atoms with Crippen LogP contribution in [0.4, 0.5) is 0 Å². The molecule has 0 aliphatic carbocycles. The van der Waals surface area contributed by atoms with Gasteiger partial charge in [0.15, 0.2) is 0 Å². The van der Waals surface area contributed by atoms with Crippen molar-refractivity contribution < 1.29 is 9.59 Å². The monoisotopic (exact) mass is 240 g/mol. The number of halogens is 1. The van der Waals surface area contributed by atoms with Crippen LogP contribution in [0.5, 0.6) is 0 Å². The van der Waals surface area contributed by atoms with Crippen molar-refractivity contribution in [1.82, 2.24) is 10.6 Å². The van der Waals surface area contributed by atoms with Gasteiger partial charge < -0.3 is 10.6 Å². The molecule has 1 unspecified atom stereocenters. The SMILES string of the molecule is CNC(=O)C(C)NC(=O)c1ccccc1Cl. The molecule has 0 spiro atoms. The van der Waals surface area contributed by atoms with E-state index in [1.54, 1.807) is 31.2 Å². The zero-order chi connectivity index (χ0) is 12.1. The van der Waals surface area contributed by atoms with Crippen molar-refractivity contribution in [2.75, 3.05) is 7.05 Å². The van der Waals surface area contributed by atoms with E-state index in [0.29, 0.717) is 10.6 Å². The van der Waals surface area contributed by atoms with Crippen molar-refractivity contribution >= 4 is 23.4 Å². The van der Waals surface area contributed by atoms with Crippen molar-refractivity contribution in [3.8, 4) is 0 Å². The van der Waals surface area contributed by atoms with Gasteiger partial charge >= 0.3 is 0 Å². The highest BCUT2D eigenvalue weighted by molar-refractivity contribution is 6.33. The van der Waals surface area contributed by atoms with Crippen LogP contribution < -0.4 is 10.6 Å². The first-order chi connectivity index (χ1) is 7.56. The molecule has 1 aromatic rings. The molecule has 0 saturated carbocycles. The summed E-state index contributed by atoms with van der Waals surface area (Å²) in [5, 5.41) is 5.37. The largest absolute Gasteiger partial charge is 0.357 e.